The van der Waals surface area contributed by atoms with Crippen molar-refractivity contribution in [2.75, 3.05) is 11.9 Å². The van der Waals surface area contributed by atoms with Gasteiger partial charge in [0.25, 0.3) is 0 Å². The molecule has 0 bridgehead atoms. The number of ether oxygens (including phenoxy) is 2. The van der Waals surface area contributed by atoms with Gasteiger partial charge in [-0.1, -0.05) is 52.8 Å². The number of nitrogens with one attached hydrogen (secondary N) is 1. The van der Waals surface area contributed by atoms with Crippen LogP contribution in [0.1, 0.15) is 59.2 Å². The summed E-state index contributed by atoms with van der Waals surface area (Å²) in [6, 6.07) is 11.8. The zero-order valence-electron chi connectivity index (χ0n) is 19.6. The molecule has 0 saturated carbocycles. The number of para-hydroxylation sites is 1. The molecule has 0 saturated heterocycles. The van der Waals surface area contributed by atoms with Gasteiger partial charge in [-0.05, 0) is 30.5 Å². The number of thiazole rings is 1. The lowest BCUT2D eigenvalue weighted by atomic mass is 9.86. The fourth-order valence-corrected chi connectivity index (χ4v) is 4.18. The number of pyridine rings is 1. The predicted octanol–water partition coefficient (Wildman–Crippen LogP) is 6.60. The van der Waals surface area contributed by atoms with E-state index in [1.54, 1.807) is 6.20 Å². The second-order valence-corrected chi connectivity index (χ2v) is 10.1. The van der Waals surface area contributed by atoms with Gasteiger partial charge in [-0.2, -0.15) is 0 Å². The molecule has 3 aromatic rings. The van der Waals surface area contributed by atoms with Crippen LogP contribution in [0, 0.1) is 0 Å². The third-order valence-electron chi connectivity index (χ3n) is 5.00. The molecule has 3 rings (SSSR count). The molecule has 170 valence electrons. The van der Waals surface area contributed by atoms with Gasteiger partial charge in [0.2, 0.25) is 5.88 Å². The fraction of sp³-hybridized carbons (Fsp3) is 0.400. The van der Waals surface area contributed by atoms with Gasteiger partial charge in [0, 0.05) is 22.6 Å². The first-order valence-electron chi connectivity index (χ1n) is 10.7. The molecule has 0 aliphatic rings. The van der Waals surface area contributed by atoms with Crippen LogP contribution >= 0.6 is 11.3 Å². The van der Waals surface area contributed by atoms with Crippen molar-refractivity contribution in [1.29, 1.82) is 0 Å². The van der Waals surface area contributed by atoms with E-state index >= 15 is 0 Å². The maximum atomic E-state index is 12.0. The summed E-state index contributed by atoms with van der Waals surface area (Å²) in [5.41, 5.74) is 2.17. The van der Waals surface area contributed by atoms with Gasteiger partial charge in [-0.3, -0.25) is 4.79 Å². The standard InChI is InChI=1S/C25H31N3O3S/c1-7-30-21(29)15-25(5,6)20-16-32-23(28-20)27-18-12-10-14-26-22(18)31-19-13-9-8-11-17(19)24(2,3)4/h8-14,16H,7,15H2,1-6H3,(H,27,28). The lowest BCUT2D eigenvalue weighted by Gasteiger charge is -2.22. The van der Waals surface area contributed by atoms with Crippen LogP contribution in [0.5, 0.6) is 11.6 Å². The number of anilines is 2. The molecule has 0 amide bonds. The van der Waals surface area contributed by atoms with Crippen LogP contribution in [0.4, 0.5) is 10.8 Å². The highest BCUT2D eigenvalue weighted by molar-refractivity contribution is 7.13. The molecule has 0 fully saturated rings. The van der Waals surface area contributed by atoms with Crippen molar-refractivity contribution in [2.24, 2.45) is 0 Å². The van der Waals surface area contributed by atoms with Gasteiger partial charge in [0.1, 0.15) is 11.4 Å². The van der Waals surface area contributed by atoms with Gasteiger partial charge in [-0.25, -0.2) is 9.97 Å². The Bertz CT molecular complexity index is 1070. The number of carbonyl (C=O) groups excluding carboxylic acids is 1. The summed E-state index contributed by atoms with van der Waals surface area (Å²) in [6.07, 6.45) is 1.98. The molecular weight excluding hydrogens is 422 g/mol. The highest BCUT2D eigenvalue weighted by Gasteiger charge is 2.28. The molecule has 0 radical (unpaired) electrons. The van der Waals surface area contributed by atoms with Crippen LogP contribution in [-0.4, -0.2) is 22.5 Å². The van der Waals surface area contributed by atoms with Crippen LogP contribution in [0.25, 0.3) is 0 Å². The molecule has 32 heavy (non-hydrogen) atoms. The van der Waals surface area contributed by atoms with E-state index in [-0.39, 0.29) is 17.8 Å². The number of nitrogens with zero attached hydrogens (tertiary/aromatic N) is 2. The van der Waals surface area contributed by atoms with Crippen molar-refractivity contribution >= 4 is 28.1 Å². The SMILES string of the molecule is CCOC(=O)CC(C)(C)c1csc(Nc2cccnc2Oc2ccccc2C(C)(C)C)n1. The van der Waals surface area contributed by atoms with E-state index in [1.165, 1.54) is 11.3 Å². The first kappa shape index (κ1) is 23.7. The fourth-order valence-electron chi connectivity index (χ4n) is 3.27. The molecular formula is C25H31N3O3S. The minimum atomic E-state index is -0.428. The molecule has 0 aliphatic heterocycles. The molecule has 1 aromatic carbocycles. The molecule has 0 spiro atoms. The Morgan fingerprint density at radius 2 is 1.84 bits per heavy atom. The number of esters is 1. The van der Waals surface area contributed by atoms with E-state index in [1.807, 2.05) is 56.5 Å². The Hall–Kier alpha value is -2.93. The van der Waals surface area contributed by atoms with Crippen LogP contribution in [0.15, 0.2) is 48.0 Å². The maximum absolute atomic E-state index is 12.0. The third-order valence-corrected chi connectivity index (χ3v) is 5.76. The summed E-state index contributed by atoms with van der Waals surface area (Å²) >= 11 is 1.48. The zero-order valence-corrected chi connectivity index (χ0v) is 20.4. The van der Waals surface area contributed by atoms with E-state index in [2.05, 4.69) is 37.1 Å². The summed E-state index contributed by atoms with van der Waals surface area (Å²) in [7, 11) is 0. The van der Waals surface area contributed by atoms with Gasteiger partial charge in [0.15, 0.2) is 5.13 Å². The Balaban J connectivity index is 1.81. The molecule has 1 N–H and O–H groups in total. The van der Waals surface area contributed by atoms with E-state index in [9.17, 15) is 4.79 Å². The monoisotopic (exact) mass is 453 g/mol. The predicted molar refractivity (Wildman–Crippen MR) is 129 cm³/mol. The average Bonchev–Trinajstić information content (AvgIpc) is 3.18. The number of rotatable bonds is 8. The van der Waals surface area contributed by atoms with Gasteiger partial charge >= 0.3 is 5.97 Å². The molecule has 0 unspecified atom stereocenters. The topological polar surface area (TPSA) is 73.3 Å². The van der Waals surface area contributed by atoms with Crippen molar-refractivity contribution in [3.63, 3.8) is 0 Å². The van der Waals surface area contributed by atoms with Gasteiger partial charge in [0.05, 0.1) is 18.7 Å². The molecule has 7 heteroatoms. The number of hydrogen-bond acceptors (Lipinski definition) is 7. The van der Waals surface area contributed by atoms with E-state index in [0.717, 1.165) is 22.7 Å². The Morgan fingerprint density at radius 3 is 2.56 bits per heavy atom. The van der Waals surface area contributed by atoms with Crippen molar-refractivity contribution in [1.82, 2.24) is 9.97 Å². The van der Waals surface area contributed by atoms with Crippen molar-refractivity contribution < 1.29 is 14.3 Å². The van der Waals surface area contributed by atoms with Gasteiger partial charge < -0.3 is 14.8 Å². The van der Waals surface area contributed by atoms with E-state index < -0.39 is 5.41 Å². The lowest BCUT2D eigenvalue weighted by molar-refractivity contribution is -0.144. The quantitative estimate of drug-likeness (QED) is 0.387. The molecule has 2 aromatic heterocycles. The molecule has 0 atom stereocenters. The second-order valence-electron chi connectivity index (χ2n) is 9.23. The van der Waals surface area contributed by atoms with Crippen molar-refractivity contribution in [3.05, 3.63) is 59.2 Å². The van der Waals surface area contributed by atoms with E-state index in [0.29, 0.717) is 17.6 Å². The minimum Gasteiger partial charge on any atom is -0.466 e. The first-order chi connectivity index (χ1) is 15.1. The largest absolute Gasteiger partial charge is 0.466 e. The highest BCUT2D eigenvalue weighted by atomic mass is 32.1. The summed E-state index contributed by atoms with van der Waals surface area (Å²) in [6.45, 7) is 12.6. The van der Waals surface area contributed by atoms with Crippen molar-refractivity contribution in [2.45, 2.75) is 58.8 Å². The highest BCUT2D eigenvalue weighted by Crippen LogP contribution is 2.37. The Kier molecular flexibility index (Phi) is 7.19. The lowest BCUT2D eigenvalue weighted by Crippen LogP contribution is -2.23. The van der Waals surface area contributed by atoms with Crippen LogP contribution in [0.2, 0.25) is 0 Å². The minimum absolute atomic E-state index is 0.0618. The number of aromatic nitrogens is 2. The van der Waals surface area contributed by atoms with Crippen LogP contribution in [0.3, 0.4) is 0 Å². The van der Waals surface area contributed by atoms with E-state index in [4.69, 9.17) is 14.5 Å². The smallest absolute Gasteiger partial charge is 0.306 e. The Morgan fingerprint density at radius 1 is 1.09 bits per heavy atom. The van der Waals surface area contributed by atoms with Gasteiger partial charge in [-0.15, -0.1) is 11.3 Å². The molecule has 0 aliphatic carbocycles. The second kappa shape index (κ2) is 9.69. The number of hydrogen-bond donors (Lipinski definition) is 1. The summed E-state index contributed by atoms with van der Waals surface area (Å²) in [5, 5.41) is 6.00. The average molecular weight is 454 g/mol. The molecule has 6 nitrogen and oxygen atoms in total. The summed E-state index contributed by atoms with van der Waals surface area (Å²) in [5.74, 6) is 1.03. The zero-order chi connectivity index (χ0) is 23.4. The first-order valence-corrected chi connectivity index (χ1v) is 11.6. The van der Waals surface area contributed by atoms with Crippen LogP contribution < -0.4 is 10.1 Å². The van der Waals surface area contributed by atoms with Crippen molar-refractivity contribution in [3.8, 4) is 11.6 Å². The summed E-state index contributed by atoms with van der Waals surface area (Å²) in [4.78, 5) is 21.1. The normalized spacial score (nSPS) is 11.8. The molecule has 2 heterocycles. The third kappa shape index (κ3) is 5.85. The number of benzene rings is 1. The number of carbonyl (C=O) groups is 1. The summed E-state index contributed by atoms with van der Waals surface area (Å²) < 4.78 is 11.3. The maximum Gasteiger partial charge on any atom is 0.306 e. The Labute approximate surface area is 194 Å². The van der Waals surface area contributed by atoms with Crippen LogP contribution in [-0.2, 0) is 20.4 Å².